The van der Waals surface area contributed by atoms with Gasteiger partial charge in [-0.1, -0.05) is 12.6 Å². The predicted molar refractivity (Wildman–Crippen MR) is 75.3 cm³/mol. The third-order valence-corrected chi connectivity index (χ3v) is 4.04. The molecule has 4 heteroatoms. The highest BCUT2D eigenvalue weighted by Gasteiger charge is 2.31. The van der Waals surface area contributed by atoms with Crippen LogP contribution in [0.15, 0.2) is 30.5 Å². The molecule has 2 heterocycles. The molecule has 1 atom stereocenters. The molecule has 3 N–H and O–H groups in total. The van der Waals surface area contributed by atoms with E-state index in [9.17, 15) is 4.79 Å². The minimum absolute atomic E-state index is 0.0174. The lowest BCUT2D eigenvalue weighted by Gasteiger charge is -2.37. The van der Waals surface area contributed by atoms with Gasteiger partial charge in [-0.15, -0.1) is 0 Å². The van der Waals surface area contributed by atoms with Crippen LogP contribution in [-0.2, 0) is 17.8 Å². The second-order valence-corrected chi connectivity index (χ2v) is 5.40. The molecule has 1 saturated heterocycles. The van der Waals surface area contributed by atoms with Gasteiger partial charge < -0.3 is 11.1 Å². The van der Waals surface area contributed by atoms with Crippen LogP contribution in [0, 0.1) is 0 Å². The minimum atomic E-state index is -0.0174. The highest BCUT2D eigenvalue weighted by Crippen LogP contribution is 2.25. The molecule has 1 fully saturated rings. The number of carbonyl (C=O) groups excluding carboxylic acids is 1. The lowest BCUT2D eigenvalue weighted by molar-refractivity contribution is -0.127. The standard InChI is InChI=1S/C15H19N3O/c1-10-2-5-14(15(19)17-10)18-7-6-11-8-13(16)4-3-12(11)9-18/h3-4,8,14H,1-2,5-7,9,16H2,(H,17,19). The molecule has 19 heavy (non-hydrogen) atoms. The molecule has 4 nitrogen and oxygen atoms in total. The average molecular weight is 257 g/mol. The van der Waals surface area contributed by atoms with Crippen molar-refractivity contribution in [3.63, 3.8) is 0 Å². The molecule has 1 aromatic carbocycles. The number of fused-ring (bicyclic) bond motifs is 1. The number of benzene rings is 1. The van der Waals surface area contributed by atoms with Gasteiger partial charge in [-0.25, -0.2) is 0 Å². The first-order valence-corrected chi connectivity index (χ1v) is 6.73. The molecule has 2 aliphatic rings. The molecule has 1 aromatic rings. The van der Waals surface area contributed by atoms with E-state index < -0.39 is 0 Å². The molecule has 0 bridgehead atoms. The van der Waals surface area contributed by atoms with Crippen LogP contribution in [-0.4, -0.2) is 23.4 Å². The number of carbonyl (C=O) groups is 1. The summed E-state index contributed by atoms with van der Waals surface area (Å²) in [5.41, 5.74) is 10.1. The molecule has 3 rings (SSSR count). The molecule has 2 aliphatic heterocycles. The molecule has 0 spiro atoms. The number of nitrogens with two attached hydrogens (primary N) is 1. The number of amides is 1. The molecular weight excluding hydrogens is 238 g/mol. The summed E-state index contributed by atoms with van der Waals surface area (Å²) in [6.07, 6.45) is 2.71. The van der Waals surface area contributed by atoms with Crippen molar-refractivity contribution >= 4 is 11.6 Å². The van der Waals surface area contributed by atoms with Gasteiger partial charge in [0.25, 0.3) is 0 Å². The van der Waals surface area contributed by atoms with Crippen LogP contribution in [0.1, 0.15) is 24.0 Å². The van der Waals surface area contributed by atoms with Gasteiger partial charge >= 0.3 is 0 Å². The average Bonchev–Trinajstić information content (AvgIpc) is 2.38. The number of allylic oxidation sites excluding steroid dienone is 1. The van der Waals surface area contributed by atoms with Crippen LogP contribution >= 0.6 is 0 Å². The van der Waals surface area contributed by atoms with Crippen molar-refractivity contribution in [2.75, 3.05) is 12.3 Å². The third-order valence-electron chi connectivity index (χ3n) is 4.04. The minimum Gasteiger partial charge on any atom is -0.399 e. The second kappa shape index (κ2) is 4.70. The molecule has 1 unspecified atom stereocenters. The van der Waals surface area contributed by atoms with Crippen LogP contribution in [0.25, 0.3) is 0 Å². The Balaban J connectivity index is 1.77. The Bertz CT molecular complexity index is 538. The van der Waals surface area contributed by atoms with E-state index in [1.807, 2.05) is 6.07 Å². The molecule has 100 valence electrons. The zero-order valence-electron chi connectivity index (χ0n) is 11.0. The van der Waals surface area contributed by atoms with E-state index in [0.717, 1.165) is 43.7 Å². The van der Waals surface area contributed by atoms with Gasteiger partial charge in [0.05, 0.1) is 6.04 Å². The number of anilines is 1. The topological polar surface area (TPSA) is 58.4 Å². The van der Waals surface area contributed by atoms with Crippen LogP contribution in [0.5, 0.6) is 0 Å². The maximum Gasteiger partial charge on any atom is 0.241 e. The molecule has 1 amide bonds. The first-order valence-electron chi connectivity index (χ1n) is 6.73. The number of nitrogens with zero attached hydrogens (tertiary/aromatic N) is 1. The highest BCUT2D eigenvalue weighted by atomic mass is 16.2. The predicted octanol–water partition coefficient (Wildman–Crippen LogP) is 1.42. The van der Waals surface area contributed by atoms with Gasteiger partial charge in [0.15, 0.2) is 0 Å². The SMILES string of the molecule is C=C1CCC(N2CCc3cc(N)ccc3C2)C(=O)N1. The quantitative estimate of drug-likeness (QED) is 0.748. The fraction of sp³-hybridized carbons (Fsp3) is 0.400. The Morgan fingerprint density at radius 1 is 1.32 bits per heavy atom. The van der Waals surface area contributed by atoms with Crippen LogP contribution in [0.2, 0.25) is 0 Å². The van der Waals surface area contributed by atoms with Gasteiger partial charge in [-0.05, 0) is 42.5 Å². The Hall–Kier alpha value is -1.81. The zero-order chi connectivity index (χ0) is 13.4. The van der Waals surface area contributed by atoms with Gasteiger partial charge in [-0.2, -0.15) is 0 Å². The lowest BCUT2D eigenvalue weighted by atomic mass is 9.95. The number of nitrogen functional groups attached to an aromatic ring is 1. The van der Waals surface area contributed by atoms with E-state index in [4.69, 9.17) is 5.73 Å². The third kappa shape index (κ3) is 2.36. The summed E-state index contributed by atoms with van der Waals surface area (Å²) >= 11 is 0. The normalized spacial score (nSPS) is 23.9. The molecular formula is C15H19N3O. The van der Waals surface area contributed by atoms with Gasteiger partial charge in [0, 0.05) is 24.5 Å². The highest BCUT2D eigenvalue weighted by molar-refractivity contribution is 5.84. The van der Waals surface area contributed by atoms with E-state index in [-0.39, 0.29) is 11.9 Å². The van der Waals surface area contributed by atoms with Crippen molar-refractivity contribution in [3.8, 4) is 0 Å². The largest absolute Gasteiger partial charge is 0.399 e. The fourth-order valence-electron chi connectivity index (χ4n) is 2.97. The van der Waals surface area contributed by atoms with Crippen molar-refractivity contribution < 1.29 is 4.79 Å². The summed E-state index contributed by atoms with van der Waals surface area (Å²) in [4.78, 5) is 14.3. The monoisotopic (exact) mass is 257 g/mol. The summed E-state index contributed by atoms with van der Waals surface area (Å²) in [7, 11) is 0. The Labute approximate surface area is 113 Å². The number of hydrogen-bond acceptors (Lipinski definition) is 3. The fourth-order valence-corrected chi connectivity index (χ4v) is 2.97. The Morgan fingerprint density at radius 2 is 2.16 bits per heavy atom. The maximum absolute atomic E-state index is 12.0. The summed E-state index contributed by atoms with van der Waals surface area (Å²) in [6.45, 7) is 5.58. The number of nitrogens with one attached hydrogen (secondary N) is 1. The lowest BCUT2D eigenvalue weighted by Crippen LogP contribution is -2.50. The van der Waals surface area contributed by atoms with E-state index in [0.29, 0.717) is 0 Å². The Kier molecular flexibility index (Phi) is 3.03. The van der Waals surface area contributed by atoms with Crippen molar-refractivity contribution in [2.24, 2.45) is 0 Å². The van der Waals surface area contributed by atoms with Gasteiger partial charge in [0.2, 0.25) is 5.91 Å². The number of hydrogen-bond donors (Lipinski definition) is 2. The van der Waals surface area contributed by atoms with Crippen molar-refractivity contribution in [2.45, 2.75) is 31.8 Å². The van der Waals surface area contributed by atoms with Crippen LogP contribution in [0.3, 0.4) is 0 Å². The molecule has 0 aliphatic carbocycles. The van der Waals surface area contributed by atoms with Gasteiger partial charge in [0.1, 0.15) is 0 Å². The summed E-state index contributed by atoms with van der Waals surface area (Å²) in [5.74, 6) is 0.0927. The number of piperidine rings is 1. The Morgan fingerprint density at radius 3 is 2.95 bits per heavy atom. The first-order chi connectivity index (χ1) is 9.13. The summed E-state index contributed by atoms with van der Waals surface area (Å²) in [5, 5.41) is 2.86. The van der Waals surface area contributed by atoms with Crippen molar-refractivity contribution in [1.82, 2.24) is 10.2 Å². The van der Waals surface area contributed by atoms with Crippen molar-refractivity contribution in [3.05, 3.63) is 41.6 Å². The second-order valence-electron chi connectivity index (χ2n) is 5.40. The zero-order valence-corrected chi connectivity index (χ0v) is 11.0. The van der Waals surface area contributed by atoms with Crippen LogP contribution in [0.4, 0.5) is 5.69 Å². The summed E-state index contributed by atoms with van der Waals surface area (Å²) in [6, 6.07) is 6.05. The smallest absolute Gasteiger partial charge is 0.241 e. The number of rotatable bonds is 1. The molecule has 0 radical (unpaired) electrons. The molecule has 0 aromatic heterocycles. The van der Waals surface area contributed by atoms with E-state index in [1.165, 1.54) is 11.1 Å². The maximum atomic E-state index is 12.0. The molecule has 0 saturated carbocycles. The van der Waals surface area contributed by atoms with E-state index in [2.05, 4.69) is 28.9 Å². The van der Waals surface area contributed by atoms with Crippen LogP contribution < -0.4 is 11.1 Å². The van der Waals surface area contributed by atoms with Crippen molar-refractivity contribution in [1.29, 1.82) is 0 Å². The van der Waals surface area contributed by atoms with Gasteiger partial charge in [-0.3, -0.25) is 9.69 Å². The van der Waals surface area contributed by atoms with E-state index in [1.54, 1.807) is 0 Å². The van der Waals surface area contributed by atoms with E-state index >= 15 is 0 Å². The first kappa shape index (κ1) is 12.2. The summed E-state index contributed by atoms with van der Waals surface area (Å²) < 4.78 is 0.